The zero-order valence-electron chi connectivity index (χ0n) is 25.4. The lowest BCUT2D eigenvalue weighted by Gasteiger charge is -2.23. The van der Waals surface area contributed by atoms with Crippen molar-refractivity contribution in [1.29, 1.82) is 0 Å². The van der Waals surface area contributed by atoms with Crippen LogP contribution < -0.4 is 16.5 Å². The van der Waals surface area contributed by atoms with Gasteiger partial charge in [0, 0.05) is 42.1 Å². The van der Waals surface area contributed by atoms with Crippen molar-refractivity contribution in [1.82, 2.24) is 0 Å². The van der Waals surface area contributed by atoms with Gasteiger partial charge in [-0.15, -0.1) is 0 Å². The van der Waals surface area contributed by atoms with Gasteiger partial charge in [0.2, 0.25) is 0 Å². The topological polar surface area (TPSA) is 107 Å². The predicted molar refractivity (Wildman–Crippen MR) is 171 cm³/mol. The standard InChI is InChI=1S/C35H39N3O4/c1-21-16-28(23(3)38-30-11-9-8-10-27(30)34(40)42-35(4,5)6)33-29(17-21)31(39)22(2)32(41-33)26-14-12-24(13-15-26)18-25(19-36)20-37-7/h8-17,19-20,23,38H,18,36H2,1-7H3/t23-/m1/s1. The quantitative estimate of drug-likeness (QED) is 0.172. The molecule has 0 aliphatic rings. The summed E-state index contributed by atoms with van der Waals surface area (Å²) in [6, 6.07) is 18.7. The van der Waals surface area contributed by atoms with Crippen LogP contribution in [-0.4, -0.2) is 24.8 Å². The van der Waals surface area contributed by atoms with Gasteiger partial charge in [-0.3, -0.25) is 9.79 Å². The molecule has 3 aromatic carbocycles. The van der Waals surface area contributed by atoms with E-state index in [1.165, 1.54) is 0 Å². The van der Waals surface area contributed by atoms with E-state index in [1.54, 1.807) is 38.5 Å². The van der Waals surface area contributed by atoms with Crippen molar-refractivity contribution in [3.8, 4) is 11.3 Å². The SMILES string of the molecule is CN=CC(=CN)Cc1ccc(-c2oc3c([C@@H](C)Nc4ccccc4C(=O)OC(C)(C)C)cc(C)cc3c(=O)c2C)cc1. The number of nitrogens with zero attached hydrogens (tertiary/aromatic N) is 1. The summed E-state index contributed by atoms with van der Waals surface area (Å²) in [7, 11) is 1.71. The summed E-state index contributed by atoms with van der Waals surface area (Å²) in [5, 5.41) is 3.98. The highest BCUT2D eigenvalue weighted by Crippen LogP contribution is 2.33. The number of carbonyl (C=O) groups excluding carboxylic acids is 1. The number of nitrogens with two attached hydrogens (primary N) is 1. The van der Waals surface area contributed by atoms with Crippen LogP contribution in [0.2, 0.25) is 0 Å². The van der Waals surface area contributed by atoms with Gasteiger partial charge in [-0.1, -0.05) is 42.5 Å². The number of benzene rings is 3. The van der Waals surface area contributed by atoms with E-state index in [-0.39, 0.29) is 11.5 Å². The van der Waals surface area contributed by atoms with Gasteiger partial charge < -0.3 is 20.2 Å². The van der Waals surface area contributed by atoms with E-state index in [1.807, 2.05) is 83.1 Å². The van der Waals surface area contributed by atoms with Crippen LogP contribution in [0.15, 0.2) is 86.6 Å². The minimum absolute atomic E-state index is 0.0749. The Morgan fingerprint density at radius 1 is 1.10 bits per heavy atom. The van der Waals surface area contributed by atoms with E-state index in [4.69, 9.17) is 14.9 Å². The largest absolute Gasteiger partial charge is 0.456 e. The molecule has 0 unspecified atom stereocenters. The van der Waals surface area contributed by atoms with Crippen molar-refractivity contribution < 1.29 is 13.9 Å². The van der Waals surface area contributed by atoms with Crippen molar-refractivity contribution in [2.24, 2.45) is 10.7 Å². The Labute approximate surface area is 247 Å². The summed E-state index contributed by atoms with van der Waals surface area (Å²) in [5.74, 6) is 0.117. The maximum Gasteiger partial charge on any atom is 0.340 e. The third kappa shape index (κ3) is 6.79. The molecule has 3 N–H and O–H groups in total. The molecule has 218 valence electrons. The molecule has 0 fully saturated rings. The highest BCUT2D eigenvalue weighted by Gasteiger charge is 2.23. The maximum atomic E-state index is 13.6. The number of aliphatic imine (C=N–C) groups is 1. The third-order valence-corrected chi connectivity index (χ3v) is 6.91. The number of ether oxygens (including phenoxy) is 1. The molecule has 7 heteroatoms. The van der Waals surface area contributed by atoms with Gasteiger partial charge >= 0.3 is 5.97 Å². The fourth-order valence-corrected chi connectivity index (χ4v) is 4.92. The van der Waals surface area contributed by atoms with Crippen LogP contribution in [0.4, 0.5) is 5.69 Å². The highest BCUT2D eigenvalue weighted by molar-refractivity contribution is 5.96. The number of carbonyl (C=O) groups is 1. The minimum atomic E-state index is -0.619. The minimum Gasteiger partial charge on any atom is -0.456 e. The molecule has 1 atom stereocenters. The number of fused-ring (bicyclic) bond motifs is 1. The van der Waals surface area contributed by atoms with Gasteiger partial charge in [-0.25, -0.2) is 4.79 Å². The Kier molecular flexibility index (Phi) is 9.00. The van der Waals surface area contributed by atoms with Gasteiger partial charge in [0.15, 0.2) is 5.43 Å². The monoisotopic (exact) mass is 565 g/mol. The first-order valence-corrected chi connectivity index (χ1v) is 14.0. The summed E-state index contributed by atoms with van der Waals surface area (Å²) < 4.78 is 12.2. The lowest BCUT2D eigenvalue weighted by molar-refractivity contribution is 0.00706. The molecule has 0 saturated heterocycles. The van der Waals surface area contributed by atoms with Crippen molar-refractivity contribution in [3.05, 3.63) is 110 Å². The van der Waals surface area contributed by atoms with Gasteiger partial charge in [-0.05, 0) is 82.6 Å². The van der Waals surface area contributed by atoms with Crippen molar-refractivity contribution >= 4 is 28.8 Å². The number of esters is 1. The van der Waals surface area contributed by atoms with E-state index in [9.17, 15) is 9.59 Å². The van der Waals surface area contributed by atoms with E-state index in [2.05, 4.69) is 10.3 Å². The fraction of sp³-hybridized carbons (Fsp3) is 0.286. The molecular formula is C35H39N3O4. The lowest BCUT2D eigenvalue weighted by atomic mass is 9.98. The van der Waals surface area contributed by atoms with Crippen LogP contribution in [0.3, 0.4) is 0 Å². The molecule has 4 aromatic rings. The molecule has 0 spiro atoms. The Bertz CT molecular complexity index is 1720. The summed E-state index contributed by atoms with van der Waals surface area (Å²) in [4.78, 5) is 30.6. The van der Waals surface area contributed by atoms with E-state index in [0.717, 1.165) is 27.8 Å². The number of hydrogen-bond donors (Lipinski definition) is 2. The molecule has 0 radical (unpaired) electrons. The van der Waals surface area contributed by atoms with E-state index < -0.39 is 11.6 Å². The number of para-hydroxylation sites is 1. The maximum absolute atomic E-state index is 13.6. The summed E-state index contributed by atoms with van der Waals surface area (Å²) in [6.07, 6.45) is 3.94. The smallest absolute Gasteiger partial charge is 0.340 e. The van der Waals surface area contributed by atoms with Gasteiger partial charge in [0.1, 0.15) is 16.9 Å². The molecule has 0 bridgehead atoms. The first-order valence-electron chi connectivity index (χ1n) is 14.0. The van der Waals surface area contributed by atoms with Crippen LogP contribution >= 0.6 is 0 Å². The van der Waals surface area contributed by atoms with Crippen LogP contribution in [0.1, 0.15) is 66.3 Å². The van der Waals surface area contributed by atoms with Crippen LogP contribution in [-0.2, 0) is 11.2 Å². The number of hydrogen-bond acceptors (Lipinski definition) is 7. The molecule has 0 aliphatic carbocycles. The van der Waals surface area contributed by atoms with E-state index in [0.29, 0.717) is 40.0 Å². The number of rotatable bonds is 8. The zero-order chi connectivity index (χ0) is 30.6. The number of anilines is 1. The lowest BCUT2D eigenvalue weighted by Crippen LogP contribution is -2.24. The molecule has 0 amide bonds. The summed E-state index contributed by atoms with van der Waals surface area (Å²) in [5.41, 5.74) is 11.7. The molecule has 4 rings (SSSR count). The van der Waals surface area contributed by atoms with Gasteiger partial charge in [-0.2, -0.15) is 0 Å². The zero-order valence-corrected chi connectivity index (χ0v) is 25.4. The summed E-state index contributed by atoms with van der Waals surface area (Å²) >= 11 is 0. The average Bonchev–Trinajstić information content (AvgIpc) is 2.94. The Morgan fingerprint density at radius 2 is 1.79 bits per heavy atom. The van der Waals surface area contributed by atoms with Crippen LogP contribution in [0, 0.1) is 13.8 Å². The second-order valence-corrected chi connectivity index (χ2v) is 11.5. The number of nitrogens with one attached hydrogen (secondary N) is 1. The fourth-order valence-electron chi connectivity index (χ4n) is 4.92. The molecule has 7 nitrogen and oxygen atoms in total. The van der Waals surface area contributed by atoms with E-state index >= 15 is 0 Å². The Morgan fingerprint density at radius 3 is 2.43 bits per heavy atom. The average molecular weight is 566 g/mol. The second kappa shape index (κ2) is 12.5. The number of aryl methyl sites for hydroxylation is 1. The molecule has 0 saturated carbocycles. The number of allylic oxidation sites excluding steroid dienone is 1. The van der Waals surface area contributed by atoms with Crippen molar-refractivity contribution in [2.75, 3.05) is 12.4 Å². The second-order valence-electron chi connectivity index (χ2n) is 11.5. The van der Waals surface area contributed by atoms with Crippen molar-refractivity contribution in [2.45, 2.75) is 59.6 Å². The molecule has 42 heavy (non-hydrogen) atoms. The predicted octanol–water partition coefficient (Wildman–Crippen LogP) is 7.29. The van der Waals surface area contributed by atoms with Gasteiger partial charge in [0.25, 0.3) is 0 Å². The molecular weight excluding hydrogens is 526 g/mol. The summed E-state index contributed by atoms with van der Waals surface area (Å²) in [6.45, 7) is 11.3. The normalized spacial score (nSPS) is 13.0. The third-order valence-electron chi connectivity index (χ3n) is 6.91. The first kappa shape index (κ1) is 30.3. The molecule has 0 aliphatic heterocycles. The Balaban J connectivity index is 1.75. The van der Waals surface area contributed by atoms with Gasteiger partial charge in [0.05, 0.1) is 17.0 Å². The Hall–Kier alpha value is -4.65. The van der Waals surface area contributed by atoms with Crippen molar-refractivity contribution in [3.63, 3.8) is 0 Å². The van der Waals surface area contributed by atoms with Crippen LogP contribution in [0.5, 0.6) is 0 Å². The molecule has 1 aromatic heterocycles. The van der Waals surface area contributed by atoms with Crippen LogP contribution in [0.25, 0.3) is 22.3 Å². The molecule has 1 heterocycles. The first-order chi connectivity index (χ1) is 19.9. The highest BCUT2D eigenvalue weighted by atomic mass is 16.6.